The Morgan fingerprint density at radius 3 is 2.37 bits per heavy atom. The number of hydrogen-bond donors (Lipinski definition) is 3. The van der Waals surface area contributed by atoms with Gasteiger partial charge in [0, 0.05) is 22.8 Å². The summed E-state index contributed by atoms with van der Waals surface area (Å²) in [7, 11) is 1.43. The van der Waals surface area contributed by atoms with E-state index in [2.05, 4.69) is 0 Å². The Morgan fingerprint density at radius 1 is 0.947 bits per heavy atom. The molecule has 96 valence electrons. The zero-order valence-corrected chi connectivity index (χ0v) is 9.97. The van der Waals surface area contributed by atoms with Crippen LogP contribution in [-0.4, -0.2) is 28.2 Å². The van der Waals surface area contributed by atoms with Gasteiger partial charge in [0.2, 0.25) is 0 Å². The lowest BCUT2D eigenvalue weighted by Gasteiger charge is -2.06. The number of carbonyl (C=O) groups excluding carboxylic acids is 1. The highest BCUT2D eigenvalue weighted by molar-refractivity contribution is 6.24. The first kappa shape index (κ1) is 11.4. The second-order valence-electron chi connectivity index (χ2n) is 4.25. The molecule has 0 radical (unpaired) electrons. The van der Waals surface area contributed by atoms with Crippen molar-refractivity contribution in [2.45, 2.75) is 0 Å². The van der Waals surface area contributed by atoms with Gasteiger partial charge in [-0.25, -0.2) is 0 Å². The predicted molar refractivity (Wildman–Crippen MR) is 66.9 cm³/mol. The minimum Gasteiger partial charge on any atom is -0.507 e. The van der Waals surface area contributed by atoms with E-state index < -0.39 is 11.5 Å². The van der Waals surface area contributed by atoms with Gasteiger partial charge in [0.25, 0.3) is 0 Å². The average molecular weight is 258 g/mol. The first-order valence-electron chi connectivity index (χ1n) is 5.55. The zero-order chi connectivity index (χ0) is 13.7. The van der Waals surface area contributed by atoms with E-state index in [4.69, 9.17) is 4.74 Å². The highest BCUT2D eigenvalue weighted by Crippen LogP contribution is 2.48. The molecular formula is C14H10O5. The Hall–Kier alpha value is -2.69. The molecule has 2 aromatic carbocycles. The van der Waals surface area contributed by atoms with E-state index in [-0.39, 0.29) is 22.6 Å². The van der Waals surface area contributed by atoms with Gasteiger partial charge in [0.15, 0.2) is 17.3 Å². The molecule has 0 fully saturated rings. The summed E-state index contributed by atoms with van der Waals surface area (Å²) in [4.78, 5) is 12.2. The summed E-state index contributed by atoms with van der Waals surface area (Å²) in [6.45, 7) is 0. The van der Waals surface area contributed by atoms with Gasteiger partial charge in [-0.1, -0.05) is 0 Å². The number of rotatable bonds is 1. The van der Waals surface area contributed by atoms with Crippen molar-refractivity contribution in [3.05, 3.63) is 35.4 Å². The lowest BCUT2D eigenvalue weighted by atomic mass is 10.0. The van der Waals surface area contributed by atoms with E-state index in [1.54, 1.807) is 0 Å². The summed E-state index contributed by atoms with van der Waals surface area (Å²) in [5.41, 5.74) is 0.984. The molecule has 1 aliphatic rings. The normalized spacial score (nSPS) is 12.2. The molecule has 3 rings (SSSR count). The quantitative estimate of drug-likeness (QED) is 0.581. The third-order valence-electron chi connectivity index (χ3n) is 3.22. The monoisotopic (exact) mass is 258 g/mol. The Bertz CT molecular complexity index is 718. The van der Waals surface area contributed by atoms with E-state index in [0.29, 0.717) is 16.9 Å². The van der Waals surface area contributed by atoms with Crippen LogP contribution in [0.1, 0.15) is 15.9 Å². The number of fused-ring (bicyclic) bond motifs is 3. The smallest absolute Gasteiger partial charge is 0.198 e. The molecule has 0 bridgehead atoms. The summed E-state index contributed by atoms with van der Waals surface area (Å²) < 4.78 is 5.00. The third-order valence-corrected chi connectivity index (χ3v) is 3.22. The molecule has 0 atom stereocenters. The molecule has 0 aliphatic heterocycles. The molecule has 1 aliphatic carbocycles. The first-order valence-corrected chi connectivity index (χ1v) is 5.55. The van der Waals surface area contributed by atoms with Crippen molar-refractivity contribution in [1.29, 1.82) is 0 Å². The van der Waals surface area contributed by atoms with Gasteiger partial charge < -0.3 is 20.1 Å². The fourth-order valence-electron chi connectivity index (χ4n) is 2.33. The number of ether oxygens (including phenoxy) is 1. The van der Waals surface area contributed by atoms with Crippen LogP contribution in [0.4, 0.5) is 0 Å². The molecule has 3 N–H and O–H groups in total. The summed E-state index contributed by atoms with van der Waals surface area (Å²) in [5, 5.41) is 29.2. The van der Waals surface area contributed by atoms with Crippen LogP contribution in [0.25, 0.3) is 11.1 Å². The SMILES string of the molecule is COc1cc(O)c2c(c1)C(=O)c1c-2ccc(O)c1O. The number of hydrogen-bond acceptors (Lipinski definition) is 5. The standard InChI is InChI=1S/C14H10O5/c1-19-6-4-8-11(10(16)5-6)7-2-3-9(15)14(18)12(7)13(8)17/h2-5,15-16,18H,1H3. The van der Waals surface area contributed by atoms with E-state index >= 15 is 0 Å². The van der Waals surface area contributed by atoms with Crippen molar-refractivity contribution in [1.82, 2.24) is 0 Å². The van der Waals surface area contributed by atoms with Crippen molar-refractivity contribution < 1.29 is 24.9 Å². The fraction of sp³-hybridized carbons (Fsp3) is 0.0714. The molecule has 5 nitrogen and oxygen atoms in total. The Labute approximate surface area is 108 Å². The minimum atomic E-state index is -0.475. The molecule has 0 amide bonds. The highest BCUT2D eigenvalue weighted by atomic mass is 16.5. The van der Waals surface area contributed by atoms with E-state index in [0.717, 1.165) is 0 Å². The van der Waals surface area contributed by atoms with Crippen molar-refractivity contribution in [2.24, 2.45) is 0 Å². The average Bonchev–Trinajstić information content (AvgIpc) is 2.68. The van der Waals surface area contributed by atoms with Gasteiger partial charge in [-0.3, -0.25) is 4.79 Å². The van der Waals surface area contributed by atoms with Gasteiger partial charge in [-0.15, -0.1) is 0 Å². The van der Waals surface area contributed by atoms with Gasteiger partial charge in [-0.2, -0.15) is 0 Å². The second kappa shape index (κ2) is 3.65. The Balaban J connectivity index is 2.37. The maximum atomic E-state index is 12.2. The second-order valence-corrected chi connectivity index (χ2v) is 4.25. The number of phenolic OH excluding ortho intramolecular Hbond substituents is 3. The van der Waals surface area contributed by atoms with Crippen LogP contribution in [-0.2, 0) is 0 Å². The van der Waals surface area contributed by atoms with Crippen LogP contribution in [0, 0.1) is 0 Å². The largest absolute Gasteiger partial charge is 0.507 e. The van der Waals surface area contributed by atoms with Gasteiger partial charge in [0.1, 0.15) is 11.5 Å². The summed E-state index contributed by atoms with van der Waals surface area (Å²) >= 11 is 0. The van der Waals surface area contributed by atoms with Crippen molar-refractivity contribution in [2.75, 3.05) is 7.11 Å². The molecule has 0 unspecified atom stereocenters. The lowest BCUT2D eigenvalue weighted by Crippen LogP contribution is -1.96. The van der Waals surface area contributed by atoms with Crippen LogP contribution in [0.3, 0.4) is 0 Å². The maximum absolute atomic E-state index is 12.2. The van der Waals surface area contributed by atoms with E-state index in [9.17, 15) is 20.1 Å². The summed E-state index contributed by atoms with van der Waals surface area (Å²) in [6.07, 6.45) is 0. The summed E-state index contributed by atoms with van der Waals surface area (Å²) in [6, 6.07) is 5.65. The van der Waals surface area contributed by atoms with Gasteiger partial charge in [0.05, 0.1) is 12.7 Å². The van der Waals surface area contributed by atoms with E-state index in [1.807, 2.05) is 0 Å². The van der Waals surface area contributed by atoms with Crippen LogP contribution < -0.4 is 4.74 Å². The zero-order valence-electron chi connectivity index (χ0n) is 9.97. The van der Waals surface area contributed by atoms with Crippen molar-refractivity contribution in [3.8, 4) is 34.1 Å². The number of aromatic hydroxyl groups is 3. The van der Waals surface area contributed by atoms with Crippen LogP contribution in [0.2, 0.25) is 0 Å². The molecule has 5 heteroatoms. The lowest BCUT2D eigenvalue weighted by molar-refractivity contribution is 0.104. The molecule has 0 heterocycles. The topological polar surface area (TPSA) is 87.0 Å². The number of benzene rings is 2. The third kappa shape index (κ3) is 1.38. The maximum Gasteiger partial charge on any atom is 0.198 e. The highest BCUT2D eigenvalue weighted by Gasteiger charge is 2.33. The Kier molecular flexibility index (Phi) is 2.19. The summed E-state index contributed by atoms with van der Waals surface area (Å²) in [5.74, 6) is -1.05. The van der Waals surface area contributed by atoms with E-state index in [1.165, 1.54) is 31.4 Å². The fourth-order valence-corrected chi connectivity index (χ4v) is 2.33. The molecule has 19 heavy (non-hydrogen) atoms. The molecule has 0 spiro atoms. The van der Waals surface area contributed by atoms with Crippen LogP contribution in [0.5, 0.6) is 23.0 Å². The molecule has 2 aromatic rings. The number of phenols is 3. The van der Waals surface area contributed by atoms with Gasteiger partial charge >= 0.3 is 0 Å². The first-order chi connectivity index (χ1) is 9.04. The van der Waals surface area contributed by atoms with Crippen molar-refractivity contribution in [3.63, 3.8) is 0 Å². The molecule has 0 saturated carbocycles. The van der Waals surface area contributed by atoms with Crippen LogP contribution in [0.15, 0.2) is 24.3 Å². The van der Waals surface area contributed by atoms with Crippen LogP contribution >= 0.6 is 0 Å². The van der Waals surface area contributed by atoms with Gasteiger partial charge in [-0.05, 0) is 18.2 Å². The minimum absolute atomic E-state index is 0.00134. The number of methoxy groups -OCH3 is 1. The molecule has 0 aromatic heterocycles. The number of carbonyl (C=O) groups is 1. The molecule has 0 saturated heterocycles. The predicted octanol–water partition coefficient (Wildman–Crippen LogP) is 2.02. The molecular weight excluding hydrogens is 248 g/mol. The Morgan fingerprint density at radius 2 is 1.68 bits per heavy atom. The number of ketones is 1. The van der Waals surface area contributed by atoms with Crippen molar-refractivity contribution >= 4 is 5.78 Å².